The zero-order chi connectivity index (χ0) is 18.8. The fraction of sp³-hybridized carbons (Fsp3) is 0.250. The van der Waals surface area contributed by atoms with Crippen molar-refractivity contribution in [1.82, 2.24) is 5.43 Å². The average Bonchev–Trinajstić information content (AvgIpc) is 3.43. The van der Waals surface area contributed by atoms with Crippen LogP contribution in [0.5, 0.6) is 11.5 Å². The Bertz CT molecular complexity index is 935. The van der Waals surface area contributed by atoms with Crippen LogP contribution in [0.25, 0.3) is 0 Å². The molecule has 0 bridgehead atoms. The van der Waals surface area contributed by atoms with Crippen molar-refractivity contribution in [3.63, 3.8) is 0 Å². The number of anilines is 1. The third-order valence-corrected chi connectivity index (χ3v) is 4.46. The highest BCUT2D eigenvalue weighted by atomic mass is 16.7. The van der Waals surface area contributed by atoms with E-state index in [0.29, 0.717) is 22.8 Å². The predicted molar refractivity (Wildman–Crippen MR) is 100 cm³/mol. The summed E-state index contributed by atoms with van der Waals surface area (Å²) in [6.45, 7) is 1.95. The molecule has 1 heterocycles. The second kappa shape index (κ2) is 7.11. The summed E-state index contributed by atoms with van der Waals surface area (Å²) in [6.07, 6.45) is 1.91. The van der Waals surface area contributed by atoms with Crippen LogP contribution in [-0.4, -0.2) is 24.3 Å². The van der Waals surface area contributed by atoms with Gasteiger partial charge in [0.15, 0.2) is 11.5 Å². The second-order valence-corrected chi connectivity index (χ2v) is 6.55. The van der Waals surface area contributed by atoms with Crippen LogP contribution in [0.15, 0.2) is 47.6 Å². The number of benzene rings is 2. The van der Waals surface area contributed by atoms with Gasteiger partial charge in [-0.05, 0) is 55.7 Å². The van der Waals surface area contributed by atoms with E-state index in [-0.39, 0.29) is 24.5 Å². The topological polar surface area (TPSA) is 89.0 Å². The fourth-order valence-electron chi connectivity index (χ4n) is 2.71. The Morgan fingerprint density at radius 1 is 1.04 bits per heavy atom. The molecule has 0 spiro atoms. The molecule has 0 radical (unpaired) electrons. The highest BCUT2D eigenvalue weighted by Crippen LogP contribution is 2.32. The number of nitrogens with one attached hydrogen (secondary N) is 2. The Morgan fingerprint density at radius 3 is 2.67 bits per heavy atom. The molecule has 138 valence electrons. The van der Waals surface area contributed by atoms with Gasteiger partial charge in [-0.25, -0.2) is 5.43 Å². The van der Waals surface area contributed by atoms with Crippen LogP contribution in [-0.2, 0) is 4.79 Å². The van der Waals surface area contributed by atoms with Crippen molar-refractivity contribution in [3.8, 4) is 11.5 Å². The zero-order valence-corrected chi connectivity index (χ0v) is 14.8. The Hall–Kier alpha value is -3.35. The summed E-state index contributed by atoms with van der Waals surface area (Å²) in [7, 11) is 0. The van der Waals surface area contributed by atoms with Gasteiger partial charge in [-0.2, -0.15) is 5.10 Å². The van der Waals surface area contributed by atoms with Crippen LogP contribution in [0.1, 0.15) is 35.7 Å². The smallest absolute Gasteiger partial charge is 0.271 e. The number of rotatable bonds is 5. The van der Waals surface area contributed by atoms with Crippen LogP contribution < -0.4 is 20.2 Å². The monoisotopic (exact) mass is 365 g/mol. The molecule has 2 amide bonds. The lowest BCUT2D eigenvalue weighted by Gasteiger charge is -2.07. The van der Waals surface area contributed by atoms with Gasteiger partial charge in [-0.15, -0.1) is 0 Å². The summed E-state index contributed by atoms with van der Waals surface area (Å²) in [4.78, 5) is 24.2. The second-order valence-electron chi connectivity index (χ2n) is 6.55. The highest BCUT2D eigenvalue weighted by molar-refractivity contribution is 6.02. The summed E-state index contributed by atoms with van der Waals surface area (Å²) in [5.41, 5.74) is 5.14. The lowest BCUT2D eigenvalue weighted by Crippen LogP contribution is -2.19. The van der Waals surface area contributed by atoms with Crippen LogP contribution in [0.4, 0.5) is 5.69 Å². The quantitative estimate of drug-likeness (QED) is 0.630. The molecule has 1 fully saturated rings. The maximum atomic E-state index is 12.3. The predicted octanol–water partition coefficient (Wildman–Crippen LogP) is 2.92. The minimum atomic E-state index is -0.342. The van der Waals surface area contributed by atoms with Crippen molar-refractivity contribution < 1.29 is 19.1 Å². The normalized spacial score (nSPS) is 15.4. The first-order chi connectivity index (χ1) is 13.1. The van der Waals surface area contributed by atoms with E-state index in [0.717, 1.165) is 24.1 Å². The Labute approximate surface area is 156 Å². The molecular formula is C20H19N3O4. The minimum absolute atomic E-state index is 0.0536. The summed E-state index contributed by atoms with van der Waals surface area (Å²) in [6, 6.07) is 12.4. The molecule has 2 aliphatic rings. The molecule has 4 rings (SSSR count). The minimum Gasteiger partial charge on any atom is -0.454 e. The molecular weight excluding hydrogens is 346 g/mol. The van der Waals surface area contributed by atoms with Crippen LogP contribution in [0, 0.1) is 5.92 Å². The number of amides is 2. The number of ether oxygens (including phenoxy) is 2. The van der Waals surface area contributed by atoms with E-state index >= 15 is 0 Å². The Kier molecular flexibility index (Phi) is 4.50. The van der Waals surface area contributed by atoms with E-state index in [2.05, 4.69) is 15.8 Å². The van der Waals surface area contributed by atoms with Crippen LogP contribution in [0.2, 0.25) is 0 Å². The lowest BCUT2D eigenvalue weighted by atomic mass is 10.1. The maximum absolute atomic E-state index is 12.3. The fourth-order valence-corrected chi connectivity index (χ4v) is 2.71. The number of hydrogen-bond donors (Lipinski definition) is 2. The summed E-state index contributed by atoms with van der Waals surface area (Å²) >= 11 is 0. The van der Waals surface area contributed by atoms with Gasteiger partial charge in [-0.3, -0.25) is 9.59 Å². The van der Waals surface area contributed by atoms with Crippen LogP contribution in [0.3, 0.4) is 0 Å². The van der Waals surface area contributed by atoms with Gasteiger partial charge in [0, 0.05) is 17.2 Å². The first-order valence-electron chi connectivity index (χ1n) is 8.76. The van der Waals surface area contributed by atoms with E-state index in [9.17, 15) is 9.59 Å². The van der Waals surface area contributed by atoms with Crippen molar-refractivity contribution in [3.05, 3.63) is 53.6 Å². The standard InChI is InChI=1S/C20H19N3O4/c1-12(14-3-2-4-16(9-14)21-19(24)13-5-6-13)22-23-20(25)15-7-8-17-18(10-15)27-11-26-17/h2-4,7-10,13H,5-6,11H2,1H3,(H,21,24)(H,23,25)/b22-12-. The molecule has 1 aliphatic carbocycles. The summed E-state index contributed by atoms with van der Waals surface area (Å²) < 4.78 is 10.5. The van der Waals surface area contributed by atoms with Crippen molar-refractivity contribution in [1.29, 1.82) is 0 Å². The molecule has 0 aromatic heterocycles. The third kappa shape index (κ3) is 3.92. The highest BCUT2D eigenvalue weighted by Gasteiger charge is 2.29. The molecule has 0 saturated heterocycles. The molecule has 1 aliphatic heterocycles. The van der Waals surface area contributed by atoms with Crippen molar-refractivity contribution in [2.24, 2.45) is 11.0 Å². The average molecular weight is 365 g/mol. The molecule has 1 saturated carbocycles. The Balaban J connectivity index is 1.42. The SMILES string of the molecule is C/C(=N/NC(=O)c1ccc2c(c1)OCO2)c1cccc(NC(=O)C2CC2)c1. The van der Waals surface area contributed by atoms with Crippen LogP contribution >= 0.6 is 0 Å². The lowest BCUT2D eigenvalue weighted by molar-refractivity contribution is -0.117. The van der Waals surface area contributed by atoms with E-state index in [1.807, 2.05) is 24.3 Å². The molecule has 27 heavy (non-hydrogen) atoms. The van der Waals surface area contributed by atoms with Gasteiger partial charge >= 0.3 is 0 Å². The van der Waals surface area contributed by atoms with Gasteiger partial charge in [0.25, 0.3) is 5.91 Å². The number of fused-ring (bicyclic) bond motifs is 1. The first kappa shape index (κ1) is 17.1. The molecule has 0 unspecified atom stereocenters. The molecule has 0 atom stereocenters. The molecule has 2 aromatic carbocycles. The maximum Gasteiger partial charge on any atom is 0.271 e. The molecule has 7 nitrogen and oxygen atoms in total. The van der Waals surface area contributed by atoms with Gasteiger partial charge < -0.3 is 14.8 Å². The van der Waals surface area contributed by atoms with Crippen molar-refractivity contribution in [2.75, 3.05) is 12.1 Å². The van der Waals surface area contributed by atoms with Crippen molar-refractivity contribution in [2.45, 2.75) is 19.8 Å². The number of carbonyl (C=O) groups is 2. The van der Waals surface area contributed by atoms with Gasteiger partial charge in [0.1, 0.15) is 0 Å². The van der Waals surface area contributed by atoms with Gasteiger partial charge in [0.05, 0.1) is 5.71 Å². The van der Waals surface area contributed by atoms with Gasteiger partial charge in [0.2, 0.25) is 12.7 Å². The van der Waals surface area contributed by atoms with E-state index < -0.39 is 0 Å². The molecule has 7 heteroatoms. The number of hydrazone groups is 1. The number of nitrogens with zero attached hydrogens (tertiary/aromatic N) is 1. The molecule has 2 aromatic rings. The largest absolute Gasteiger partial charge is 0.454 e. The number of carbonyl (C=O) groups excluding carboxylic acids is 2. The summed E-state index contributed by atoms with van der Waals surface area (Å²) in [5.74, 6) is 1.02. The summed E-state index contributed by atoms with van der Waals surface area (Å²) in [5, 5.41) is 7.07. The van der Waals surface area contributed by atoms with E-state index in [4.69, 9.17) is 9.47 Å². The first-order valence-corrected chi connectivity index (χ1v) is 8.76. The van der Waals surface area contributed by atoms with E-state index in [1.54, 1.807) is 25.1 Å². The third-order valence-electron chi connectivity index (χ3n) is 4.46. The molecule has 2 N–H and O–H groups in total. The van der Waals surface area contributed by atoms with Gasteiger partial charge in [-0.1, -0.05) is 12.1 Å². The zero-order valence-electron chi connectivity index (χ0n) is 14.8. The van der Waals surface area contributed by atoms with Crippen molar-refractivity contribution >= 4 is 23.2 Å². The Morgan fingerprint density at radius 2 is 1.85 bits per heavy atom. The number of hydrogen-bond acceptors (Lipinski definition) is 5. The van der Waals surface area contributed by atoms with E-state index in [1.165, 1.54) is 0 Å².